The lowest BCUT2D eigenvalue weighted by atomic mass is 10.0. The molecule has 1 saturated heterocycles. The van der Waals surface area contributed by atoms with Crippen LogP contribution in [0.15, 0.2) is 72.8 Å². The van der Waals surface area contributed by atoms with Gasteiger partial charge in [-0.2, -0.15) is 0 Å². The molecule has 31 heavy (non-hydrogen) atoms. The highest BCUT2D eigenvalue weighted by atomic mass is 16.5. The number of hydrogen-bond acceptors (Lipinski definition) is 3. The minimum Gasteiger partial charge on any atom is -0.494 e. The highest BCUT2D eigenvalue weighted by Gasteiger charge is 2.34. The molecule has 1 heterocycles. The monoisotopic (exact) mass is 412 g/mol. The maximum Gasteiger partial charge on any atom is 0.119 e. The third-order valence-corrected chi connectivity index (χ3v) is 6.67. The fourth-order valence-corrected chi connectivity index (χ4v) is 4.99. The van der Waals surface area contributed by atoms with E-state index in [-0.39, 0.29) is 0 Å². The molecular formula is C28H32N2O. The molecule has 5 rings (SSSR count). The minimum absolute atomic E-state index is 0.397. The first-order valence-corrected chi connectivity index (χ1v) is 11.7. The van der Waals surface area contributed by atoms with Crippen molar-refractivity contribution in [3.8, 4) is 16.9 Å². The Morgan fingerprint density at radius 1 is 0.774 bits per heavy atom. The van der Waals surface area contributed by atoms with Gasteiger partial charge in [-0.05, 0) is 46.4 Å². The van der Waals surface area contributed by atoms with Crippen LogP contribution in [-0.2, 0) is 6.54 Å². The van der Waals surface area contributed by atoms with Crippen LogP contribution in [0.1, 0.15) is 42.5 Å². The molecule has 0 N–H and O–H groups in total. The van der Waals surface area contributed by atoms with Gasteiger partial charge in [-0.25, -0.2) is 0 Å². The van der Waals surface area contributed by atoms with Crippen LogP contribution in [0.4, 0.5) is 0 Å². The average Bonchev–Trinajstić information content (AvgIpc) is 3.16. The van der Waals surface area contributed by atoms with Gasteiger partial charge >= 0.3 is 0 Å². The molecule has 160 valence electrons. The van der Waals surface area contributed by atoms with Crippen molar-refractivity contribution in [2.45, 2.75) is 32.4 Å². The standard InChI is InChI=1S/C28H32N2O/c1-2-3-20-31-23-14-12-22(13-15-23)21-29-16-18-30(19-17-29)28-26-10-6-4-8-24(26)25-9-5-7-11-27(25)28/h4-15,28H,2-3,16-21H2,1H3. The van der Waals surface area contributed by atoms with Crippen LogP contribution in [0, 0.1) is 0 Å². The van der Waals surface area contributed by atoms with E-state index in [1.807, 2.05) is 0 Å². The Hall–Kier alpha value is -2.62. The topological polar surface area (TPSA) is 15.7 Å². The molecule has 0 aromatic heterocycles. The molecule has 3 aromatic carbocycles. The first kappa shape index (κ1) is 20.3. The number of hydrogen-bond donors (Lipinski definition) is 0. The normalized spacial score (nSPS) is 16.8. The predicted molar refractivity (Wildman–Crippen MR) is 127 cm³/mol. The van der Waals surface area contributed by atoms with Crippen LogP contribution in [0.5, 0.6) is 5.75 Å². The van der Waals surface area contributed by atoms with E-state index in [4.69, 9.17) is 4.74 Å². The van der Waals surface area contributed by atoms with Gasteiger partial charge in [0.2, 0.25) is 0 Å². The summed E-state index contributed by atoms with van der Waals surface area (Å²) in [4.78, 5) is 5.25. The molecule has 1 fully saturated rings. The van der Waals surface area contributed by atoms with Crippen LogP contribution in [-0.4, -0.2) is 42.6 Å². The predicted octanol–water partition coefficient (Wildman–Crippen LogP) is 5.75. The maximum atomic E-state index is 5.80. The molecule has 0 atom stereocenters. The first-order chi connectivity index (χ1) is 15.3. The van der Waals surface area contributed by atoms with E-state index in [0.717, 1.165) is 51.5 Å². The van der Waals surface area contributed by atoms with Crippen molar-refractivity contribution in [2.75, 3.05) is 32.8 Å². The molecular weight excluding hydrogens is 380 g/mol. The molecule has 0 saturated carbocycles. The largest absolute Gasteiger partial charge is 0.494 e. The van der Waals surface area contributed by atoms with Crippen LogP contribution in [0.25, 0.3) is 11.1 Å². The summed E-state index contributed by atoms with van der Waals surface area (Å²) >= 11 is 0. The zero-order valence-corrected chi connectivity index (χ0v) is 18.5. The summed E-state index contributed by atoms with van der Waals surface area (Å²) in [7, 11) is 0. The molecule has 0 unspecified atom stereocenters. The fourth-order valence-electron chi connectivity index (χ4n) is 4.99. The molecule has 1 aliphatic heterocycles. The molecule has 0 spiro atoms. The summed E-state index contributed by atoms with van der Waals surface area (Å²) in [6, 6.07) is 27.0. The van der Waals surface area contributed by atoms with Crippen LogP contribution < -0.4 is 4.74 Å². The summed E-state index contributed by atoms with van der Waals surface area (Å²) in [6.45, 7) is 8.44. The van der Waals surface area contributed by atoms with Gasteiger partial charge in [-0.3, -0.25) is 9.80 Å². The molecule has 3 heteroatoms. The first-order valence-electron chi connectivity index (χ1n) is 11.7. The molecule has 0 amide bonds. The van der Waals surface area contributed by atoms with Crippen molar-refractivity contribution in [1.29, 1.82) is 0 Å². The lowest BCUT2D eigenvalue weighted by molar-refractivity contribution is 0.106. The molecule has 0 radical (unpaired) electrons. The second kappa shape index (κ2) is 9.25. The van der Waals surface area contributed by atoms with Crippen LogP contribution in [0.2, 0.25) is 0 Å². The van der Waals surface area contributed by atoms with Crippen molar-refractivity contribution >= 4 is 0 Å². The summed E-state index contributed by atoms with van der Waals surface area (Å²) in [5.41, 5.74) is 7.12. The smallest absolute Gasteiger partial charge is 0.119 e. The Morgan fingerprint density at radius 3 is 2.00 bits per heavy atom. The van der Waals surface area contributed by atoms with Crippen LogP contribution >= 0.6 is 0 Å². The van der Waals surface area contributed by atoms with Gasteiger partial charge in [-0.1, -0.05) is 74.0 Å². The number of fused-ring (bicyclic) bond motifs is 3. The van der Waals surface area contributed by atoms with Gasteiger partial charge in [-0.15, -0.1) is 0 Å². The number of nitrogens with zero attached hydrogens (tertiary/aromatic N) is 2. The van der Waals surface area contributed by atoms with Crippen molar-refractivity contribution in [1.82, 2.24) is 9.80 Å². The van der Waals surface area contributed by atoms with Crippen molar-refractivity contribution < 1.29 is 4.74 Å². The van der Waals surface area contributed by atoms with Gasteiger partial charge < -0.3 is 4.74 Å². The molecule has 3 aromatic rings. The second-order valence-electron chi connectivity index (χ2n) is 8.74. The number of rotatable bonds is 7. The molecule has 1 aliphatic carbocycles. The fraction of sp³-hybridized carbons (Fsp3) is 0.357. The van der Waals surface area contributed by atoms with E-state index in [9.17, 15) is 0 Å². The van der Waals surface area contributed by atoms with Crippen molar-refractivity contribution in [3.63, 3.8) is 0 Å². The van der Waals surface area contributed by atoms with Gasteiger partial charge in [0.05, 0.1) is 12.6 Å². The van der Waals surface area contributed by atoms with E-state index < -0.39 is 0 Å². The Bertz CT molecular complexity index is 960. The van der Waals surface area contributed by atoms with Crippen molar-refractivity contribution in [3.05, 3.63) is 89.5 Å². The van der Waals surface area contributed by atoms with E-state index in [1.165, 1.54) is 34.2 Å². The summed E-state index contributed by atoms with van der Waals surface area (Å²) < 4.78 is 5.80. The Labute approximate surface area is 186 Å². The van der Waals surface area contributed by atoms with Gasteiger partial charge in [0.15, 0.2) is 0 Å². The third-order valence-electron chi connectivity index (χ3n) is 6.67. The SMILES string of the molecule is CCCCOc1ccc(CN2CCN(C3c4ccccc4-c4ccccc43)CC2)cc1. The molecule has 3 nitrogen and oxygen atoms in total. The van der Waals surface area contributed by atoms with Gasteiger partial charge in [0, 0.05) is 32.7 Å². The molecule has 0 bridgehead atoms. The number of benzene rings is 3. The number of unbranched alkanes of at least 4 members (excludes halogenated alkanes) is 1. The Balaban J connectivity index is 1.21. The minimum atomic E-state index is 0.397. The average molecular weight is 413 g/mol. The second-order valence-corrected chi connectivity index (χ2v) is 8.74. The zero-order valence-electron chi connectivity index (χ0n) is 18.5. The van der Waals surface area contributed by atoms with Crippen molar-refractivity contribution in [2.24, 2.45) is 0 Å². The zero-order chi connectivity index (χ0) is 21.0. The number of ether oxygens (including phenoxy) is 1. The Morgan fingerprint density at radius 2 is 1.39 bits per heavy atom. The van der Waals surface area contributed by atoms with Crippen LogP contribution in [0.3, 0.4) is 0 Å². The highest BCUT2D eigenvalue weighted by molar-refractivity contribution is 5.78. The third kappa shape index (κ3) is 4.26. The maximum absolute atomic E-state index is 5.80. The van der Waals surface area contributed by atoms with Gasteiger partial charge in [0.1, 0.15) is 5.75 Å². The van der Waals surface area contributed by atoms with E-state index in [2.05, 4.69) is 89.5 Å². The van der Waals surface area contributed by atoms with E-state index in [1.54, 1.807) is 0 Å². The van der Waals surface area contributed by atoms with Gasteiger partial charge in [0.25, 0.3) is 0 Å². The summed E-state index contributed by atoms with van der Waals surface area (Å²) in [6.07, 6.45) is 2.28. The number of piperazine rings is 1. The van der Waals surface area contributed by atoms with E-state index in [0.29, 0.717) is 6.04 Å². The summed E-state index contributed by atoms with van der Waals surface area (Å²) in [5.74, 6) is 0.987. The Kier molecular flexibility index (Phi) is 6.06. The molecule has 2 aliphatic rings. The quantitative estimate of drug-likeness (QED) is 0.459. The lowest BCUT2D eigenvalue weighted by Crippen LogP contribution is -2.47. The summed E-state index contributed by atoms with van der Waals surface area (Å²) in [5, 5.41) is 0. The van der Waals surface area contributed by atoms with E-state index >= 15 is 0 Å². The highest BCUT2D eigenvalue weighted by Crippen LogP contribution is 2.46. The lowest BCUT2D eigenvalue weighted by Gasteiger charge is -2.38.